The maximum absolute atomic E-state index is 14.4. The van der Waals surface area contributed by atoms with Crippen LogP contribution in [-0.2, 0) is 0 Å². The first kappa shape index (κ1) is 17.7. The van der Waals surface area contributed by atoms with Gasteiger partial charge in [-0.1, -0.05) is 6.92 Å². The summed E-state index contributed by atoms with van der Waals surface area (Å²) >= 11 is 0. The molecule has 23 heavy (non-hydrogen) atoms. The molecular weight excluding hydrogens is 295 g/mol. The van der Waals surface area contributed by atoms with Crippen molar-refractivity contribution in [2.45, 2.75) is 26.3 Å². The summed E-state index contributed by atoms with van der Waals surface area (Å²) < 4.78 is 14.4. The van der Waals surface area contributed by atoms with E-state index in [1.165, 1.54) is 6.07 Å². The van der Waals surface area contributed by atoms with Gasteiger partial charge in [0.25, 0.3) is 5.91 Å². The summed E-state index contributed by atoms with van der Waals surface area (Å²) in [5.74, 6) is -0.653. The van der Waals surface area contributed by atoms with E-state index in [9.17, 15) is 9.18 Å². The van der Waals surface area contributed by atoms with Crippen LogP contribution in [0.1, 0.15) is 31.1 Å². The Balaban J connectivity index is 2.02. The summed E-state index contributed by atoms with van der Waals surface area (Å²) in [6.45, 7) is 10.6. The number of halogens is 1. The molecule has 0 saturated carbocycles. The smallest absolute Gasteiger partial charge is 0.251 e. The second kappa shape index (κ2) is 7.27. The van der Waals surface area contributed by atoms with Crippen molar-refractivity contribution in [2.24, 2.45) is 5.73 Å². The van der Waals surface area contributed by atoms with Crippen LogP contribution in [0, 0.1) is 5.82 Å². The van der Waals surface area contributed by atoms with Crippen LogP contribution in [0.4, 0.5) is 10.1 Å². The van der Waals surface area contributed by atoms with Crippen molar-refractivity contribution >= 4 is 11.6 Å². The third kappa shape index (κ3) is 4.91. The maximum Gasteiger partial charge on any atom is 0.251 e. The van der Waals surface area contributed by atoms with Crippen LogP contribution in [0.5, 0.6) is 0 Å². The lowest BCUT2D eigenvalue weighted by Gasteiger charge is -2.35. The van der Waals surface area contributed by atoms with Gasteiger partial charge in [0.15, 0.2) is 0 Å². The molecule has 1 saturated heterocycles. The zero-order valence-corrected chi connectivity index (χ0v) is 14.2. The van der Waals surface area contributed by atoms with Gasteiger partial charge in [-0.15, -0.1) is 0 Å². The number of carbonyl (C=O) groups excluding carboxylic acids is 1. The number of piperazine rings is 1. The Labute approximate surface area is 137 Å². The van der Waals surface area contributed by atoms with Crippen molar-refractivity contribution in [1.82, 2.24) is 10.2 Å². The quantitative estimate of drug-likeness (QED) is 0.861. The molecule has 2 rings (SSSR count). The first-order chi connectivity index (χ1) is 10.8. The highest BCUT2D eigenvalue weighted by Crippen LogP contribution is 2.22. The summed E-state index contributed by atoms with van der Waals surface area (Å²) in [6, 6.07) is 4.67. The normalized spacial score (nSPS) is 16.5. The molecule has 1 aromatic rings. The minimum absolute atomic E-state index is 0.301. The number of rotatable bonds is 5. The summed E-state index contributed by atoms with van der Waals surface area (Å²) in [4.78, 5) is 16.4. The Hall–Kier alpha value is -1.66. The van der Waals surface area contributed by atoms with E-state index in [2.05, 4.69) is 17.1 Å². The van der Waals surface area contributed by atoms with Crippen molar-refractivity contribution in [3.8, 4) is 0 Å². The van der Waals surface area contributed by atoms with Crippen molar-refractivity contribution < 1.29 is 9.18 Å². The Kier molecular flexibility index (Phi) is 5.59. The molecule has 128 valence electrons. The van der Waals surface area contributed by atoms with Crippen LogP contribution in [0.25, 0.3) is 0 Å². The lowest BCUT2D eigenvalue weighted by molar-refractivity contribution is 0.0945. The van der Waals surface area contributed by atoms with Crippen molar-refractivity contribution in [2.75, 3.05) is 44.2 Å². The Bertz CT molecular complexity index is 548. The molecule has 1 amide bonds. The molecule has 0 atom stereocenters. The van der Waals surface area contributed by atoms with Gasteiger partial charge in [-0.3, -0.25) is 4.79 Å². The predicted octanol–water partition coefficient (Wildman–Crippen LogP) is 1.43. The Morgan fingerprint density at radius 1 is 1.30 bits per heavy atom. The number of likely N-dealkylation sites (N-methyl/N-ethyl adjacent to an activating group) is 1. The van der Waals surface area contributed by atoms with Crippen LogP contribution in [-0.4, -0.2) is 55.6 Å². The maximum atomic E-state index is 14.4. The summed E-state index contributed by atoms with van der Waals surface area (Å²) in [6.07, 6.45) is 0. The van der Waals surface area contributed by atoms with E-state index in [1.807, 2.05) is 18.7 Å². The molecule has 1 heterocycles. The summed E-state index contributed by atoms with van der Waals surface area (Å²) in [7, 11) is 0. The number of anilines is 1. The molecule has 1 aliphatic rings. The molecule has 1 aromatic carbocycles. The highest BCUT2D eigenvalue weighted by molar-refractivity contribution is 5.94. The lowest BCUT2D eigenvalue weighted by atomic mass is 10.1. The molecule has 1 fully saturated rings. The molecule has 0 bridgehead atoms. The first-order valence-electron chi connectivity index (χ1n) is 8.14. The molecule has 0 radical (unpaired) electrons. The number of benzene rings is 1. The highest BCUT2D eigenvalue weighted by Gasteiger charge is 2.20. The van der Waals surface area contributed by atoms with Gasteiger partial charge < -0.3 is 20.9 Å². The Morgan fingerprint density at radius 2 is 1.96 bits per heavy atom. The molecular formula is C17H27FN4O. The fourth-order valence-corrected chi connectivity index (χ4v) is 2.62. The van der Waals surface area contributed by atoms with Gasteiger partial charge in [-0.05, 0) is 38.6 Å². The molecule has 6 heteroatoms. The average molecular weight is 322 g/mol. The molecule has 5 nitrogen and oxygen atoms in total. The third-order valence-corrected chi connectivity index (χ3v) is 4.07. The second-order valence-electron chi connectivity index (χ2n) is 6.76. The topological polar surface area (TPSA) is 61.6 Å². The number of hydrogen-bond donors (Lipinski definition) is 2. The van der Waals surface area contributed by atoms with Crippen molar-refractivity contribution in [3.63, 3.8) is 0 Å². The van der Waals surface area contributed by atoms with Gasteiger partial charge in [0.05, 0.1) is 5.69 Å². The zero-order chi connectivity index (χ0) is 17.0. The minimum atomic E-state index is -0.493. The van der Waals surface area contributed by atoms with Gasteiger partial charge in [-0.25, -0.2) is 4.39 Å². The highest BCUT2D eigenvalue weighted by atomic mass is 19.1. The number of nitrogens with two attached hydrogens (primary N) is 1. The monoisotopic (exact) mass is 322 g/mol. The second-order valence-corrected chi connectivity index (χ2v) is 6.76. The SMILES string of the molecule is CCN1CCN(c2ccc(C(=O)NCC(C)(C)N)cc2F)CC1. The van der Waals surface area contributed by atoms with E-state index in [1.54, 1.807) is 12.1 Å². The molecule has 3 N–H and O–H groups in total. The van der Waals surface area contributed by atoms with Crippen LogP contribution in [0.15, 0.2) is 18.2 Å². The van der Waals surface area contributed by atoms with Gasteiger partial charge in [-0.2, -0.15) is 0 Å². The first-order valence-corrected chi connectivity index (χ1v) is 8.14. The number of amides is 1. The van der Waals surface area contributed by atoms with E-state index in [0.717, 1.165) is 32.7 Å². The fourth-order valence-electron chi connectivity index (χ4n) is 2.62. The zero-order valence-electron chi connectivity index (χ0n) is 14.2. The van der Waals surface area contributed by atoms with Gasteiger partial charge in [0, 0.05) is 43.8 Å². The number of carbonyl (C=O) groups is 1. The van der Waals surface area contributed by atoms with Gasteiger partial charge in [0.1, 0.15) is 5.82 Å². The summed E-state index contributed by atoms with van der Waals surface area (Å²) in [5, 5.41) is 2.73. The predicted molar refractivity (Wildman–Crippen MR) is 91.3 cm³/mol. The lowest BCUT2D eigenvalue weighted by Crippen LogP contribution is -2.46. The average Bonchev–Trinajstić information content (AvgIpc) is 2.52. The van der Waals surface area contributed by atoms with Crippen LogP contribution >= 0.6 is 0 Å². The van der Waals surface area contributed by atoms with E-state index in [0.29, 0.717) is 17.8 Å². The largest absolute Gasteiger partial charge is 0.367 e. The van der Waals surface area contributed by atoms with E-state index >= 15 is 0 Å². The molecule has 0 spiro atoms. The van der Waals surface area contributed by atoms with E-state index < -0.39 is 5.54 Å². The van der Waals surface area contributed by atoms with Crippen molar-refractivity contribution in [1.29, 1.82) is 0 Å². The van der Waals surface area contributed by atoms with E-state index in [4.69, 9.17) is 5.73 Å². The van der Waals surface area contributed by atoms with Crippen molar-refractivity contribution in [3.05, 3.63) is 29.6 Å². The van der Waals surface area contributed by atoms with Crippen LogP contribution in [0.2, 0.25) is 0 Å². The van der Waals surface area contributed by atoms with Gasteiger partial charge >= 0.3 is 0 Å². The molecule has 0 unspecified atom stereocenters. The molecule has 0 aromatic heterocycles. The third-order valence-electron chi connectivity index (χ3n) is 4.07. The number of nitrogens with one attached hydrogen (secondary N) is 1. The fraction of sp³-hybridized carbons (Fsp3) is 0.588. The Morgan fingerprint density at radius 3 is 2.48 bits per heavy atom. The minimum Gasteiger partial charge on any atom is -0.367 e. The van der Waals surface area contributed by atoms with E-state index in [-0.39, 0.29) is 11.7 Å². The molecule has 1 aliphatic heterocycles. The van der Waals surface area contributed by atoms with Crippen LogP contribution < -0.4 is 16.0 Å². The number of hydrogen-bond acceptors (Lipinski definition) is 4. The van der Waals surface area contributed by atoms with Gasteiger partial charge in [0.2, 0.25) is 0 Å². The van der Waals surface area contributed by atoms with Crippen LogP contribution in [0.3, 0.4) is 0 Å². The summed E-state index contributed by atoms with van der Waals surface area (Å²) in [5.41, 5.74) is 6.23. The standard InChI is InChI=1S/C17H27FN4O/c1-4-21-7-9-22(10-8-21)15-6-5-13(11-14(15)18)16(23)20-12-17(2,3)19/h5-6,11H,4,7-10,12,19H2,1-3H3,(H,20,23). The molecule has 0 aliphatic carbocycles. The number of nitrogens with zero attached hydrogens (tertiary/aromatic N) is 2.